The zero-order chi connectivity index (χ0) is 15.7. The topological polar surface area (TPSA) is 74.4 Å². The van der Waals surface area contributed by atoms with E-state index in [4.69, 9.17) is 4.74 Å². The van der Waals surface area contributed by atoms with Gasteiger partial charge in [-0.05, 0) is 43.2 Å². The number of H-pyrrole nitrogens is 1. The lowest BCUT2D eigenvalue weighted by Gasteiger charge is -2.55. The van der Waals surface area contributed by atoms with Crippen molar-refractivity contribution in [3.05, 3.63) is 23.5 Å². The van der Waals surface area contributed by atoms with Crippen LogP contribution in [-0.2, 0) is 11.2 Å². The second-order valence-corrected chi connectivity index (χ2v) is 7.14. The lowest BCUT2D eigenvalue weighted by atomic mass is 9.58. The Bertz CT molecular complexity index is 532. The standard InChI is InChI=1S/C17H26N2O3/c1-11(2)7-12-8-13(18-10-12)16(21)19-14-9-15(20)17(14)3-5-22-6-4-17/h8,10-11,14-15,18,20H,3-7,9H2,1-2H3,(H,19,21)/t14-,15-/m1/s1. The maximum Gasteiger partial charge on any atom is 0.267 e. The second-order valence-electron chi connectivity index (χ2n) is 7.14. The third kappa shape index (κ3) is 2.79. The zero-order valence-corrected chi connectivity index (χ0v) is 13.4. The average molecular weight is 306 g/mol. The first-order chi connectivity index (χ1) is 10.5. The molecule has 1 saturated carbocycles. The molecule has 0 unspecified atom stereocenters. The Labute approximate surface area is 131 Å². The molecule has 22 heavy (non-hydrogen) atoms. The highest BCUT2D eigenvalue weighted by Gasteiger charge is 2.55. The molecule has 2 fully saturated rings. The van der Waals surface area contributed by atoms with E-state index in [2.05, 4.69) is 24.1 Å². The van der Waals surface area contributed by atoms with Crippen molar-refractivity contribution in [2.45, 2.75) is 51.7 Å². The number of hydrogen-bond donors (Lipinski definition) is 3. The number of aromatic nitrogens is 1. The quantitative estimate of drug-likeness (QED) is 0.795. The SMILES string of the molecule is CC(C)Cc1c[nH]c(C(=O)N[C@@H]2C[C@@H](O)C23CCOCC3)c1. The first-order valence-electron chi connectivity index (χ1n) is 8.25. The number of aliphatic hydroxyl groups excluding tert-OH is 1. The Balaban J connectivity index is 1.63. The van der Waals surface area contributed by atoms with Crippen molar-refractivity contribution < 1.29 is 14.6 Å². The van der Waals surface area contributed by atoms with Crippen molar-refractivity contribution in [3.63, 3.8) is 0 Å². The Morgan fingerprint density at radius 2 is 2.23 bits per heavy atom. The van der Waals surface area contributed by atoms with E-state index in [-0.39, 0.29) is 23.5 Å². The minimum absolute atomic E-state index is 0.0516. The number of aliphatic hydroxyl groups is 1. The maximum absolute atomic E-state index is 12.4. The van der Waals surface area contributed by atoms with Crippen LogP contribution in [0.2, 0.25) is 0 Å². The maximum atomic E-state index is 12.4. The third-order valence-corrected chi connectivity index (χ3v) is 5.18. The summed E-state index contributed by atoms with van der Waals surface area (Å²) >= 11 is 0. The van der Waals surface area contributed by atoms with E-state index in [0.717, 1.165) is 24.8 Å². The molecule has 3 rings (SSSR count). The molecule has 1 aliphatic heterocycles. The zero-order valence-electron chi connectivity index (χ0n) is 13.4. The van der Waals surface area contributed by atoms with Crippen LogP contribution in [-0.4, -0.2) is 41.4 Å². The molecule has 5 nitrogen and oxygen atoms in total. The van der Waals surface area contributed by atoms with E-state index in [1.165, 1.54) is 0 Å². The van der Waals surface area contributed by atoms with E-state index in [1.807, 2.05) is 12.3 Å². The molecule has 2 aliphatic rings. The molecule has 122 valence electrons. The molecular formula is C17H26N2O3. The fourth-order valence-electron chi connectivity index (χ4n) is 3.80. The molecule has 1 aromatic rings. The fourth-order valence-corrected chi connectivity index (χ4v) is 3.80. The number of aromatic amines is 1. The van der Waals surface area contributed by atoms with Crippen LogP contribution in [0.25, 0.3) is 0 Å². The molecule has 1 aliphatic carbocycles. The molecule has 1 saturated heterocycles. The Kier molecular flexibility index (Phi) is 4.28. The largest absolute Gasteiger partial charge is 0.392 e. The Morgan fingerprint density at radius 1 is 1.50 bits per heavy atom. The Morgan fingerprint density at radius 3 is 2.86 bits per heavy atom. The highest BCUT2D eigenvalue weighted by molar-refractivity contribution is 5.93. The van der Waals surface area contributed by atoms with Crippen molar-refractivity contribution in [1.29, 1.82) is 0 Å². The summed E-state index contributed by atoms with van der Waals surface area (Å²) in [6.07, 6.45) is 4.85. The van der Waals surface area contributed by atoms with Crippen LogP contribution in [0.5, 0.6) is 0 Å². The van der Waals surface area contributed by atoms with Crippen molar-refractivity contribution in [1.82, 2.24) is 10.3 Å². The van der Waals surface area contributed by atoms with Gasteiger partial charge in [0.05, 0.1) is 6.10 Å². The monoisotopic (exact) mass is 306 g/mol. The third-order valence-electron chi connectivity index (χ3n) is 5.18. The van der Waals surface area contributed by atoms with Gasteiger partial charge < -0.3 is 20.1 Å². The van der Waals surface area contributed by atoms with Gasteiger partial charge in [-0.15, -0.1) is 0 Å². The van der Waals surface area contributed by atoms with Gasteiger partial charge in [0.2, 0.25) is 0 Å². The minimum atomic E-state index is -0.318. The predicted molar refractivity (Wildman–Crippen MR) is 83.7 cm³/mol. The minimum Gasteiger partial charge on any atom is -0.392 e. The van der Waals surface area contributed by atoms with Gasteiger partial charge in [-0.3, -0.25) is 4.79 Å². The van der Waals surface area contributed by atoms with Crippen molar-refractivity contribution in [3.8, 4) is 0 Å². The summed E-state index contributed by atoms with van der Waals surface area (Å²) in [5.41, 5.74) is 1.59. The molecule has 2 heterocycles. The van der Waals surface area contributed by atoms with Crippen LogP contribution < -0.4 is 5.32 Å². The number of amides is 1. The second kappa shape index (κ2) is 6.05. The fraction of sp³-hybridized carbons (Fsp3) is 0.706. The smallest absolute Gasteiger partial charge is 0.267 e. The van der Waals surface area contributed by atoms with Crippen molar-refractivity contribution >= 4 is 5.91 Å². The summed E-state index contributed by atoms with van der Waals surface area (Å²) in [6.45, 7) is 5.67. The Hall–Kier alpha value is -1.33. The summed E-state index contributed by atoms with van der Waals surface area (Å²) in [5.74, 6) is 0.497. The average Bonchev–Trinajstić information content (AvgIpc) is 2.95. The van der Waals surface area contributed by atoms with E-state index < -0.39 is 0 Å². The summed E-state index contributed by atoms with van der Waals surface area (Å²) in [7, 11) is 0. The number of rotatable bonds is 4. The molecule has 0 radical (unpaired) electrons. The normalized spacial score (nSPS) is 26.9. The van der Waals surface area contributed by atoms with Crippen molar-refractivity contribution in [2.24, 2.45) is 11.3 Å². The molecule has 1 spiro atoms. The van der Waals surface area contributed by atoms with E-state index in [0.29, 0.717) is 31.2 Å². The molecule has 2 atom stereocenters. The number of hydrogen-bond acceptors (Lipinski definition) is 3. The van der Waals surface area contributed by atoms with Gasteiger partial charge in [0.25, 0.3) is 5.91 Å². The molecule has 1 aromatic heterocycles. The van der Waals surface area contributed by atoms with Gasteiger partial charge in [0, 0.05) is 30.9 Å². The number of carbonyl (C=O) groups is 1. The van der Waals surface area contributed by atoms with Gasteiger partial charge >= 0.3 is 0 Å². The van der Waals surface area contributed by atoms with Crippen LogP contribution in [0.3, 0.4) is 0 Å². The molecule has 0 bridgehead atoms. The van der Waals surface area contributed by atoms with Gasteiger partial charge in [0.15, 0.2) is 0 Å². The first kappa shape index (κ1) is 15.6. The summed E-state index contributed by atoms with van der Waals surface area (Å²) < 4.78 is 5.40. The van der Waals surface area contributed by atoms with Crippen LogP contribution in [0, 0.1) is 11.3 Å². The first-order valence-corrected chi connectivity index (χ1v) is 8.25. The number of nitrogens with one attached hydrogen (secondary N) is 2. The van der Waals surface area contributed by atoms with E-state index in [9.17, 15) is 9.90 Å². The van der Waals surface area contributed by atoms with Crippen LogP contribution in [0.1, 0.15) is 49.2 Å². The molecule has 0 aromatic carbocycles. The van der Waals surface area contributed by atoms with Gasteiger partial charge in [-0.1, -0.05) is 13.8 Å². The van der Waals surface area contributed by atoms with Gasteiger partial charge in [-0.25, -0.2) is 0 Å². The molecule has 1 amide bonds. The van der Waals surface area contributed by atoms with Gasteiger partial charge in [0.1, 0.15) is 5.69 Å². The predicted octanol–water partition coefficient (Wildman–Crippen LogP) is 1.87. The van der Waals surface area contributed by atoms with Crippen LogP contribution in [0.4, 0.5) is 0 Å². The highest BCUT2D eigenvalue weighted by Crippen LogP contribution is 2.48. The van der Waals surface area contributed by atoms with Crippen LogP contribution in [0.15, 0.2) is 12.3 Å². The van der Waals surface area contributed by atoms with Gasteiger partial charge in [-0.2, -0.15) is 0 Å². The summed E-state index contributed by atoms with van der Waals surface area (Å²) in [5, 5.41) is 13.3. The lowest BCUT2D eigenvalue weighted by molar-refractivity contribution is -0.145. The van der Waals surface area contributed by atoms with E-state index in [1.54, 1.807) is 0 Å². The summed E-state index contributed by atoms with van der Waals surface area (Å²) in [4.78, 5) is 15.5. The molecule has 3 N–H and O–H groups in total. The van der Waals surface area contributed by atoms with E-state index >= 15 is 0 Å². The number of carbonyl (C=O) groups excluding carboxylic acids is 1. The van der Waals surface area contributed by atoms with Crippen molar-refractivity contribution in [2.75, 3.05) is 13.2 Å². The molecular weight excluding hydrogens is 280 g/mol. The lowest BCUT2D eigenvalue weighted by Crippen LogP contribution is -2.65. The van der Waals surface area contributed by atoms with Crippen LogP contribution >= 0.6 is 0 Å². The highest BCUT2D eigenvalue weighted by atomic mass is 16.5. The number of ether oxygens (including phenoxy) is 1. The summed E-state index contributed by atoms with van der Waals surface area (Å²) in [6, 6.07) is 1.98. The molecule has 5 heteroatoms.